The Kier molecular flexibility index (Phi) is 8.93. The maximum Gasteiger partial charge on any atom is 0.471 e. The molecule has 0 radical (unpaired) electrons. The second kappa shape index (κ2) is 11.7. The number of anilines is 3. The summed E-state index contributed by atoms with van der Waals surface area (Å²) in [7, 11) is 0. The maximum atomic E-state index is 14.8. The molecule has 4 rings (SSSR count). The van der Waals surface area contributed by atoms with Crippen LogP contribution in [0.15, 0.2) is 42.5 Å². The highest BCUT2D eigenvalue weighted by Crippen LogP contribution is 2.65. The molecule has 6 nitrogen and oxygen atoms in total. The molecule has 1 saturated carbocycles. The Hall–Kier alpha value is -2.83. The number of rotatable bonds is 6. The van der Waals surface area contributed by atoms with Crippen molar-refractivity contribution in [2.75, 3.05) is 16.0 Å². The molecule has 0 heterocycles. The molecule has 3 aromatic rings. The maximum absolute atomic E-state index is 14.8. The molecule has 3 N–H and O–H groups in total. The van der Waals surface area contributed by atoms with Crippen LogP contribution in [0.25, 0.3) is 0 Å². The van der Waals surface area contributed by atoms with Crippen LogP contribution in [0.4, 0.5) is 39.0 Å². The topological polar surface area (TPSA) is 87.3 Å². The lowest BCUT2D eigenvalue weighted by molar-refractivity contribution is -0.167. The largest absolute Gasteiger partial charge is 0.471 e. The number of carbonyl (C=O) groups excluding carboxylic acids is 3. The van der Waals surface area contributed by atoms with Crippen molar-refractivity contribution in [3.63, 3.8) is 0 Å². The number of halogens is 10. The van der Waals surface area contributed by atoms with Gasteiger partial charge in [0.1, 0.15) is 15.8 Å². The first-order chi connectivity index (χ1) is 19.4. The van der Waals surface area contributed by atoms with Gasteiger partial charge in [-0.1, -0.05) is 40.9 Å². The van der Waals surface area contributed by atoms with Crippen LogP contribution in [0.1, 0.15) is 27.4 Å². The van der Waals surface area contributed by atoms with Crippen molar-refractivity contribution in [2.45, 2.75) is 23.4 Å². The SMILES string of the molecule is Cc1cc(NC(=O)[C@H]2[C@H](c3ccc(Cl)c(Cl)c3)C2(Cl)Cl)cc(C(=O)Nc2ccc(F)c(NC(=O)C(F)(F)F)c2F)c1Cl. The van der Waals surface area contributed by atoms with E-state index in [2.05, 4.69) is 10.6 Å². The molecular weight excluding hydrogens is 675 g/mol. The van der Waals surface area contributed by atoms with Crippen LogP contribution < -0.4 is 16.0 Å². The zero-order valence-electron chi connectivity index (χ0n) is 20.7. The first-order valence-electron chi connectivity index (χ1n) is 11.5. The van der Waals surface area contributed by atoms with Gasteiger partial charge in [-0.3, -0.25) is 14.4 Å². The molecule has 3 aromatic carbocycles. The average molecular weight is 690 g/mol. The molecule has 0 spiro atoms. The number of amides is 3. The van der Waals surface area contributed by atoms with Crippen LogP contribution >= 0.6 is 58.0 Å². The van der Waals surface area contributed by atoms with Crippen LogP contribution in [-0.4, -0.2) is 28.2 Å². The quantitative estimate of drug-likeness (QED) is 0.179. The van der Waals surface area contributed by atoms with Crippen LogP contribution in [0.5, 0.6) is 0 Å². The smallest absolute Gasteiger partial charge is 0.326 e. The fourth-order valence-electron chi connectivity index (χ4n) is 4.14. The second-order valence-electron chi connectivity index (χ2n) is 9.14. The molecule has 222 valence electrons. The van der Waals surface area contributed by atoms with Gasteiger partial charge in [0, 0.05) is 11.6 Å². The summed E-state index contributed by atoms with van der Waals surface area (Å²) in [4.78, 5) is 37.3. The zero-order valence-corrected chi connectivity index (χ0v) is 24.5. The molecule has 0 aliphatic heterocycles. The van der Waals surface area contributed by atoms with E-state index >= 15 is 0 Å². The lowest BCUT2D eigenvalue weighted by atomic mass is 10.1. The van der Waals surface area contributed by atoms with Gasteiger partial charge in [0.15, 0.2) is 5.82 Å². The van der Waals surface area contributed by atoms with E-state index in [1.54, 1.807) is 6.07 Å². The fraction of sp³-hybridized carbons (Fsp3) is 0.192. The van der Waals surface area contributed by atoms with Gasteiger partial charge in [0.05, 0.1) is 32.2 Å². The van der Waals surface area contributed by atoms with E-state index in [4.69, 9.17) is 58.0 Å². The van der Waals surface area contributed by atoms with Crippen LogP contribution in [0.2, 0.25) is 15.1 Å². The van der Waals surface area contributed by atoms with E-state index in [1.807, 2.05) is 0 Å². The summed E-state index contributed by atoms with van der Waals surface area (Å²) in [5, 5.41) is 6.17. The van der Waals surface area contributed by atoms with Gasteiger partial charge in [-0.25, -0.2) is 8.78 Å². The normalized spacial score (nSPS) is 17.4. The first kappa shape index (κ1) is 32.1. The minimum atomic E-state index is -5.43. The number of benzene rings is 3. The van der Waals surface area contributed by atoms with Crippen molar-refractivity contribution < 1.29 is 36.3 Å². The van der Waals surface area contributed by atoms with E-state index in [9.17, 15) is 36.3 Å². The van der Waals surface area contributed by atoms with Gasteiger partial charge in [-0.2, -0.15) is 13.2 Å². The van der Waals surface area contributed by atoms with Crippen LogP contribution in [0.3, 0.4) is 0 Å². The zero-order chi connectivity index (χ0) is 31.3. The molecule has 1 aliphatic carbocycles. The standard InChI is InChI=1S/C26H15Cl5F5N3O3/c1-9-6-11(37-23(41)18-17(25(18,30)31)10-2-3-13(27)14(28)7-10)8-12(19(9)29)22(40)38-16-5-4-15(32)21(20(16)33)39-24(42)26(34,35)36/h2-8,17-18H,1H3,(H,37,41)(H,38,40)(H,39,42)/t17-,18+/m0/s1. The van der Waals surface area contributed by atoms with E-state index in [0.717, 1.165) is 17.4 Å². The number of hydrogen-bond donors (Lipinski definition) is 3. The minimum absolute atomic E-state index is 0.0775. The lowest BCUT2D eigenvalue weighted by Crippen LogP contribution is -2.31. The summed E-state index contributed by atoms with van der Waals surface area (Å²) in [5.41, 5.74) is -1.53. The minimum Gasteiger partial charge on any atom is -0.326 e. The Morgan fingerprint density at radius 2 is 1.55 bits per heavy atom. The van der Waals surface area contributed by atoms with Gasteiger partial charge in [-0.05, 0) is 54.4 Å². The van der Waals surface area contributed by atoms with Gasteiger partial charge in [0.25, 0.3) is 5.91 Å². The first-order valence-corrected chi connectivity index (χ1v) is 13.4. The molecule has 3 amide bonds. The third kappa shape index (κ3) is 6.40. The molecule has 16 heteroatoms. The second-order valence-corrected chi connectivity index (χ2v) is 11.8. The Morgan fingerprint density at radius 1 is 0.881 bits per heavy atom. The number of aryl methyl sites for hydroxylation is 1. The Morgan fingerprint density at radius 3 is 2.17 bits per heavy atom. The van der Waals surface area contributed by atoms with Crippen molar-refractivity contribution in [3.8, 4) is 0 Å². The lowest BCUT2D eigenvalue weighted by Gasteiger charge is -2.15. The van der Waals surface area contributed by atoms with Crippen molar-refractivity contribution in [2.24, 2.45) is 5.92 Å². The van der Waals surface area contributed by atoms with Crippen molar-refractivity contribution >= 4 is 92.8 Å². The summed E-state index contributed by atoms with van der Waals surface area (Å²) in [6.07, 6.45) is -5.43. The van der Waals surface area contributed by atoms with Crippen molar-refractivity contribution in [3.05, 3.63) is 85.9 Å². The monoisotopic (exact) mass is 687 g/mol. The molecule has 0 unspecified atom stereocenters. The number of hydrogen-bond acceptors (Lipinski definition) is 3. The Bertz CT molecular complexity index is 1630. The molecule has 0 bridgehead atoms. The number of nitrogens with one attached hydrogen (secondary N) is 3. The van der Waals surface area contributed by atoms with E-state index < -0.39 is 63.1 Å². The molecule has 1 aliphatic rings. The van der Waals surface area contributed by atoms with Crippen molar-refractivity contribution in [1.82, 2.24) is 0 Å². The molecule has 0 aromatic heterocycles. The van der Waals surface area contributed by atoms with E-state index in [-0.39, 0.29) is 21.3 Å². The predicted molar refractivity (Wildman–Crippen MR) is 151 cm³/mol. The molecule has 1 fully saturated rings. The third-order valence-electron chi connectivity index (χ3n) is 6.24. The fourth-order valence-corrected chi connectivity index (χ4v) is 5.47. The summed E-state index contributed by atoms with van der Waals surface area (Å²) < 4.78 is 65.1. The molecule has 2 atom stereocenters. The molecular formula is C26H15Cl5F5N3O3. The van der Waals surface area contributed by atoms with Gasteiger partial charge >= 0.3 is 12.1 Å². The summed E-state index contributed by atoms with van der Waals surface area (Å²) >= 11 is 31.0. The van der Waals surface area contributed by atoms with Gasteiger partial charge in [-0.15, -0.1) is 23.2 Å². The number of alkyl halides is 5. The summed E-state index contributed by atoms with van der Waals surface area (Å²) in [5.74, 6) is -9.07. The summed E-state index contributed by atoms with van der Waals surface area (Å²) in [6, 6.07) is 8.53. The predicted octanol–water partition coefficient (Wildman–Crippen LogP) is 8.51. The molecule has 42 heavy (non-hydrogen) atoms. The van der Waals surface area contributed by atoms with E-state index in [0.29, 0.717) is 22.2 Å². The van der Waals surface area contributed by atoms with Crippen molar-refractivity contribution in [1.29, 1.82) is 0 Å². The summed E-state index contributed by atoms with van der Waals surface area (Å²) in [6.45, 7) is 1.50. The van der Waals surface area contributed by atoms with Gasteiger partial charge in [0.2, 0.25) is 5.91 Å². The number of carbonyl (C=O) groups is 3. The van der Waals surface area contributed by atoms with Gasteiger partial charge < -0.3 is 16.0 Å². The van der Waals surface area contributed by atoms with Crippen LogP contribution in [-0.2, 0) is 9.59 Å². The Balaban J connectivity index is 1.56. The highest BCUT2D eigenvalue weighted by Gasteiger charge is 2.67. The average Bonchev–Trinajstić information content (AvgIpc) is 3.48. The Labute approximate surface area is 259 Å². The van der Waals surface area contributed by atoms with Crippen LogP contribution in [0, 0.1) is 24.5 Å². The highest BCUT2D eigenvalue weighted by molar-refractivity contribution is 6.53. The highest BCUT2D eigenvalue weighted by atomic mass is 35.5. The molecule has 0 saturated heterocycles. The third-order valence-corrected chi connectivity index (χ3v) is 8.42. The van der Waals surface area contributed by atoms with E-state index in [1.165, 1.54) is 25.1 Å².